The number of amides is 1. The van der Waals surface area contributed by atoms with Crippen molar-refractivity contribution in [3.05, 3.63) is 0 Å². The molecule has 0 spiro atoms. The Hall–Kier alpha value is -0.570. The molecule has 1 atom stereocenters. The van der Waals surface area contributed by atoms with Crippen LogP contribution in [0, 0.1) is 11.8 Å². The van der Waals surface area contributed by atoms with Gasteiger partial charge in [-0.1, -0.05) is 0 Å². The summed E-state index contributed by atoms with van der Waals surface area (Å²) in [5.74, 6) is 1.52. The van der Waals surface area contributed by atoms with Crippen molar-refractivity contribution in [2.75, 3.05) is 19.7 Å². The fraction of sp³-hybridized carbons (Fsp3) is 0.900. The molecule has 1 saturated heterocycles. The van der Waals surface area contributed by atoms with Gasteiger partial charge in [0.15, 0.2) is 0 Å². The summed E-state index contributed by atoms with van der Waals surface area (Å²) in [6.45, 7) is 1.42. The molecule has 0 bridgehead atoms. The standard InChI is InChI=1S/C10H17NO2/c12-7-10(13)11-5-1-2-9(6-11)8-3-4-8/h8-9,12H,1-7H2. The molecular weight excluding hydrogens is 166 g/mol. The molecule has 0 aromatic rings. The molecule has 3 nitrogen and oxygen atoms in total. The van der Waals surface area contributed by atoms with Gasteiger partial charge in [-0.05, 0) is 37.5 Å². The molecule has 0 aromatic heterocycles. The van der Waals surface area contributed by atoms with E-state index in [1.54, 1.807) is 0 Å². The first-order valence-electron chi connectivity index (χ1n) is 5.20. The van der Waals surface area contributed by atoms with E-state index in [4.69, 9.17) is 5.11 Å². The first-order chi connectivity index (χ1) is 6.31. The zero-order valence-corrected chi connectivity index (χ0v) is 7.91. The summed E-state index contributed by atoms with van der Waals surface area (Å²) in [4.78, 5) is 13.1. The monoisotopic (exact) mass is 183 g/mol. The lowest BCUT2D eigenvalue weighted by Crippen LogP contribution is -2.41. The van der Waals surface area contributed by atoms with Gasteiger partial charge in [-0.2, -0.15) is 0 Å². The van der Waals surface area contributed by atoms with Crippen molar-refractivity contribution in [1.29, 1.82) is 0 Å². The predicted octanol–water partition coefficient (Wildman–Crippen LogP) is 0.627. The van der Waals surface area contributed by atoms with Crippen molar-refractivity contribution in [3.8, 4) is 0 Å². The molecule has 13 heavy (non-hydrogen) atoms. The van der Waals surface area contributed by atoms with Crippen molar-refractivity contribution in [2.24, 2.45) is 11.8 Å². The van der Waals surface area contributed by atoms with Crippen molar-refractivity contribution in [3.63, 3.8) is 0 Å². The fourth-order valence-corrected chi connectivity index (χ4v) is 2.29. The third-order valence-electron chi connectivity index (χ3n) is 3.23. The number of aliphatic hydroxyl groups is 1. The summed E-state index contributed by atoms with van der Waals surface area (Å²) in [6, 6.07) is 0. The molecule has 1 aliphatic heterocycles. The number of hydrogen-bond acceptors (Lipinski definition) is 2. The molecule has 1 aliphatic carbocycles. The number of hydrogen-bond donors (Lipinski definition) is 1. The normalized spacial score (nSPS) is 29.0. The molecule has 1 N–H and O–H groups in total. The summed E-state index contributed by atoms with van der Waals surface area (Å²) in [7, 11) is 0. The van der Waals surface area contributed by atoms with Crippen molar-refractivity contribution < 1.29 is 9.90 Å². The van der Waals surface area contributed by atoms with E-state index in [0.717, 1.165) is 31.3 Å². The molecule has 1 saturated carbocycles. The minimum atomic E-state index is -0.322. The van der Waals surface area contributed by atoms with Gasteiger partial charge in [0.1, 0.15) is 6.61 Å². The number of nitrogens with zero attached hydrogens (tertiary/aromatic N) is 1. The van der Waals surface area contributed by atoms with E-state index in [2.05, 4.69) is 0 Å². The Bertz CT molecular complexity index is 201. The van der Waals surface area contributed by atoms with E-state index in [9.17, 15) is 4.79 Å². The second-order valence-electron chi connectivity index (χ2n) is 4.24. The SMILES string of the molecule is O=C(CO)N1CCCC(C2CC2)C1. The smallest absolute Gasteiger partial charge is 0.248 e. The minimum absolute atomic E-state index is 0.0923. The Balaban J connectivity index is 1.87. The van der Waals surface area contributed by atoms with Gasteiger partial charge < -0.3 is 10.0 Å². The fourth-order valence-electron chi connectivity index (χ4n) is 2.29. The van der Waals surface area contributed by atoms with Crippen LogP contribution in [0.5, 0.6) is 0 Å². The predicted molar refractivity (Wildman–Crippen MR) is 49.1 cm³/mol. The average molecular weight is 183 g/mol. The molecule has 2 fully saturated rings. The molecule has 1 heterocycles. The molecule has 2 aliphatic rings. The van der Waals surface area contributed by atoms with Gasteiger partial charge in [0, 0.05) is 13.1 Å². The van der Waals surface area contributed by atoms with Crippen LogP contribution in [0.3, 0.4) is 0 Å². The quantitative estimate of drug-likeness (QED) is 0.682. The number of carbonyl (C=O) groups excluding carboxylic acids is 1. The second kappa shape index (κ2) is 3.66. The van der Waals surface area contributed by atoms with Crippen LogP contribution in [-0.2, 0) is 4.79 Å². The lowest BCUT2D eigenvalue weighted by Gasteiger charge is -2.32. The zero-order chi connectivity index (χ0) is 9.26. The molecular formula is C10H17NO2. The number of aliphatic hydroxyl groups excluding tert-OH is 1. The number of rotatable bonds is 2. The minimum Gasteiger partial charge on any atom is -0.387 e. The Morgan fingerprint density at radius 3 is 2.69 bits per heavy atom. The van der Waals surface area contributed by atoms with Crippen LogP contribution >= 0.6 is 0 Å². The maximum atomic E-state index is 11.2. The van der Waals surface area contributed by atoms with Gasteiger partial charge in [-0.15, -0.1) is 0 Å². The van der Waals surface area contributed by atoms with E-state index >= 15 is 0 Å². The zero-order valence-electron chi connectivity index (χ0n) is 7.91. The summed E-state index contributed by atoms with van der Waals surface area (Å²) < 4.78 is 0. The van der Waals surface area contributed by atoms with E-state index in [-0.39, 0.29) is 12.5 Å². The number of piperidine rings is 1. The molecule has 1 amide bonds. The van der Waals surface area contributed by atoms with E-state index in [1.165, 1.54) is 19.3 Å². The summed E-state index contributed by atoms with van der Waals surface area (Å²) in [5, 5.41) is 8.74. The highest BCUT2D eigenvalue weighted by Crippen LogP contribution is 2.40. The van der Waals surface area contributed by atoms with E-state index in [0.29, 0.717) is 0 Å². The molecule has 74 valence electrons. The van der Waals surface area contributed by atoms with Crippen LogP contribution in [0.2, 0.25) is 0 Å². The van der Waals surface area contributed by atoms with Crippen LogP contribution in [0.1, 0.15) is 25.7 Å². The topological polar surface area (TPSA) is 40.5 Å². The van der Waals surface area contributed by atoms with Crippen LogP contribution in [0.4, 0.5) is 0 Å². The molecule has 0 radical (unpaired) electrons. The Morgan fingerprint density at radius 2 is 2.08 bits per heavy atom. The van der Waals surface area contributed by atoms with Crippen molar-refractivity contribution in [2.45, 2.75) is 25.7 Å². The summed E-state index contributed by atoms with van der Waals surface area (Å²) in [5.41, 5.74) is 0. The van der Waals surface area contributed by atoms with Crippen LogP contribution in [0.15, 0.2) is 0 Å². The Morgan fingerprint density at radius 1 is 1.31 bits per heavy atom. The maximum absolute atomic E-state index is 11.2. The highest BCUT2D eigenvalue weighted by molar-refractivity contribution is 5.77. The highest BCUT2D eigenvalue weighted by atomic mass is 16.3. The van der Waals surface area contributed by atoms with Crippen LogP contribution < -0.4 is 0 Å². The largest absolute Gasteiger partial charge is 0.387 e. The third kappa shape index (κ3) is 2.02. The summed E-state index contributed by atoms with van der Waals surface area (Å²) in [6.07, 6.45) is 5.10. The van der Waals surface area contributed by atoms with Gasteiger partial charge >= 0.3 is 0 Å². The number of carbonyl (C=O) groups is 1. The average Bonchev–Trinajstić information content (AvgIpc) is 3.00. The van der Waals surface area contributed by atoms with Gasteiger partial charge in [0.05, 0.1) is 0 Å². The molecule has 0 aromatic carbocycles. The molecule has 3 heteroatoms. The third-order valence-corrected chi connectivity index (χ3v) is 3.23. The highest BCUT2D eigenvalue weighted by Gasteiger charge is 2.34. The van der Waals surface area contributed by atoms with E-state index < -0.39 is 0 Å². The molecule has 1 unspecified atom stereocenters. The first kappa shape index (κ1) is 9.00. The van der Waals surface area contributed by atoms with Crippen LogP contribution in [0.25, 0.3) is 0 Å². The lowest BCUT2D eigenvalue weighted by atomic mass is 9.93. The lowest BCUT2D eigenvalue weighted by molar-refractivity contribution is -0.136. The van der Waals surface area contributed by atoms with Gasteiger partial charge in [0.25, 0.3) is 0 Å². The van der Waals surface area contributed by atoms with Gasteiger partial charge in [0.2, 0.25) is 5.91 Å². The Kier molecular flexibility index (Phi) is 2.54. The van der Waals surface area contributed by atoms with Gasteiger partial charge in [-0.3, -0.25) is 4.79 Å². The Labute approximate surface area is 78.7 Å². The molecule has 2 rings (SSSR count). The second-order valence-corrected chi connectivity index (χ2v) is 4.24. The maximum Gasteiger partial charge on any atom is 0.248 e. The number of likely N-dealkylation sites (tertiary alicyclic amines) is 1. The van der Waals surface area contributed by atoms with Gasteiger partial charge in [-0.25, -0.2) is 0 Å². The van der Waals surface area contributed by atoms with E-state index in [1.807, 2.05) is 4.90 Å². The first-order valence-corrected chi connectivity index (χ1v) is 5.20. The van der Waals surface area contributed by atoms with Crippen molar-refractivity contribution in [1.82, 2.24) is 4.90 Å². The van der Waals surface area contributed by atoms with Crippen LogP contribution in [-0.4, -0.2) is 35.6 Å². The summed E-state index contributed by atoms with van der Waals surface area (Å²) >= 11 is 0. The van der Waals surface area contributed by atoms with Crippen molar-refractivity contribution >= 4 is 5.91 Å².